The molecule has 0 bridgehead atoms. The first kappa shape index (κ1) is 17.9. The average Bonchev–Trinajstić information content (AvgIpc) is 2.68. The number of aromatic nitrogens is 3. The number of aryl methyl sites for hydroxylation is 2. The maximum atomic E-state index is 12.9. The number of hydrogen-bond acceptors (Lipinski definition) is 5. The fourth-order valence-corrected chi connectivity index (χ4v) is 3.40. The van der Waals surface area contributed by atoms with E-state index < -0.39 is 12.1 Å². The monoisotopic (exact) mass is 373 g/mol. The van der Waals surface area contributed by atoms with Crippen LogP contribution in [0.5, 0.6) is 0 Å². The summed E-state index contributed by atoms with van der Waals surface area (Å²) < 4.78 is 5.63. The summed E-state index contributed by atoms with van der Waals surface area (Å²) in [6.07, 6.45) is -0.713. The van der Waals surface area contributed by atoms with Crippen molar-refractivity contribution in [2.75, 3.05) is 0 Å². The van der Waals surface area contributed by atoms with Crippen molar-refractivity contribution in [3.63, 3.8) is 0 Å². The molecule has 0 spiro atoms. The minimum atomic E-state index is -0.713. The molecule has 0 aliphatic heterocycles. The van der Waals surface area contributed by atoms with Crippen LogP contribution in [-0.2, 0) is 4.74 Å². The Morgan fingerprint density at radius 1 is 0.964 bits per heavy atom. The molecule has 0 aliphatic rings. The minimum absolute atomic E-state index is 0.261. The Bertz CT molecular complexity index is 1280. The number of carbonyl (C=O) groups is 1. The molecule has 0 saturated heterocycles. The normalized spacial score (nSPS) is 12.2. The van der Waals surface area contributed by atoms with Crippen molar-refractivity contribution in [3.05, 3.63) is 81.5 Å². The lowest BCUT2D eigenvalue weighted by Gasteiger charge is -2.16. The predicted molar refractivity (Wildman–Crippen MR) is 107 cm³/mol. The van der Waals surface area contributed by atoms with Gasteiger partial charge < -0.3 is 9.72 Å². The Morgan fingerprint density at radius 3 is 2.29 bits per heavy atom. The molecule has 6 nitrogen and oxygen atoms in total. The molecule has 140 valence electrons. The van der Waals surface area contributed by atoms with E-state index in [4.69, 9.17) is 4.74 Å². The molecule has 0 aliphatic carbocycles. The Labute approximate surface area is 161 Å². The lowest BCUT2D eigenvalue weighted by molar-refractivity contribution is 0.0318. The molecule has 0 radical (unpaired) electrons. The van der Waals surface area contributed by atoms with Gasteiger partial charge in [0.05, 0.1) is 27.7 Å². The number of pyridine rings is 1. The van der Waals surface area contributed by atoms with Gasteiger partial charge in [-0.3, -0.25) is 9.78 Å². The number of benzene rings is 2. The SMILES string of the molecule is Cc1nc2ccccc2c(C)c1C(=O)OC(C)c1nc2ccccc2c(=O)[nH]1. The van der Waals surface area contributed by atoms with Gasteiger partial charge in [0, 0.05) is 5.39 Å². The zero-order valence-corrected chi connectivity index (χ0v) is 15.8. The first-order valence-electron chi connectivity index (χ1n) is 9.01. The fourth-order valence-electron chi connectivity index (χ4n) is 3.40. The number of nitrogens with one attached hydrogen (secondary N) is 1. The summed E-state index contributed by atoms with van der Waals surface area (Å²) in [7, 11) is 0. The fraction of sp³-hybridized carbons (Fsp3) is 0.182. The zero-order valence-electron chi connectivity index (χ0n) is 15.8. The quantitative estimate of drug-likeness (QED) is 0.549. The lowest BCUT2D eigenvalue weighted by Crippen LogP contribution is -2.18. The Morgan fingerprint density at radius 2 is 1.57 bits per heavy atom. The van der Waals surface area contributed by atoms with Crippen LogP contribution in [0.3, 0.4) is 0 Å². The van der Waals surface area contributed by atoms with E-state index in [1.165, 1.54) is 0 Å². The highest BCUT2D eigenvalue weighted by Crippen LogP contribution is 2.25. The second kappa shape index (κ2) is 6.88. The largest absolute Gasteiger partial charge is 0.451 e. The number of nitrogens with zero attached hydrogens (tertiary/aromatic N) is 2. The summed E-state index contributed by atoms with van der Waals surface area (Å²) in [5.41, 5.74) is 3.00. The van der Waals surface area contributed by atoms with Crippen LogP contribution in [0.2, 0.25) is 0 Å². The molecule has 1 atom stereocenters. The number of aromatic amines is 1. The van der Waals surface area contributed by atoms with Crippen LogP contribution >= 0.6 is 0 Å². The summed E-state index contributed by atoms with van der Waals surface area (Å²) in [6.45, 7) is 5.36. The molecule has 4 rings (SSSR count). The first-order valence-corrected chi connectivity index (χ1v) is 9.01. The van der Waals surface area contributed by atoms with Crippen LogP contribution in [0.4, 0.5) is 0 Å². The average molecular weight is 373 g/mol. The smallest absolute Gasteiger partial charge is 0.340 e. The van der Waals surface area contributed by atoms with E-state index in [1.807, 2.05) is 37.3 Å². The molecule has 2 heterocycles. The van der Waals surface area contributed by atoms with Gasteiger partial charge in [-0.15, -0.1) is 0 Å². The third-order valence-corrected chi connectivity index (χ3v) is 4.84. The maximum Gasteiger partial charge on any atom is 0.340 e. The third kappa shape index (κ3) is 3.03. The summed E-state index contributed by atoms with van der Waals surface area (Å²) in [5.74, 6) is -0.183. The summed E-state index contributed by atoms with van der Waals surface area (Å²) in [4.78, 5) is 36.8. The highest BCUT2D eigenvalue weighted by atomic mass is 16.5. The number of esters is 1. The number of carbonyl (C=O) groups excluding carboxylic acids is 1. The standard InChI is InChI=1S/C22H19N3O3/c1-12-15-8-4-6-10-17(15)23-13(2)19(12)22(27)28-14(3)20-24-18-11-7-5-9-16(18)21(26)25-20/h4-11,14H,1-3H3,(H,24,25,26). The van der Waals surface area contributed by atoms with E-state index in [9.17, 15) is 9.59 Å². The van der Waals surface area contributed by atoms with Crippen LogP contribution in [0.25, 0.3) is 21.8 Å². The second-order valence-electron chi connectivity index (χ2n) is 6.73. The Balaban J connectivity index is 1.69. The van der Waals surface area contributed by atoms with Gasteiger partial charge in [-0.05, 0) is 44.5 Å². The van der Waals surface area contributed by atoms with Crippen molar-refractivity contribution in [1.29, 1.82) is 0 Å². The van der Waals surface area contributed by atoms with E-state index in [-0.39, 0.29) is 5.56 Å². The van der Waals surface area contributed by atoms with E-state index >= 15 is 0 Å². The van der Waals surface area contributed by atoms with Crippen LogP contribution in [0.1, 0.15) is 40.5 Å². The van der Waals surface area contributed by atoms with Crippen LogP contribution in [-0.4, -0.2) is 20.9 Å². The maximum absolute atomic E-state index is 12.9. The molecule has 1 N–H and O–H groups in total. The second-order valence-corrected chi connectivity index (χ2v) is 6.73. The number of para-hydroxylation sites is 2. The highest BCUT2D eigenvalue weighted by molar-refractivity contribution is 5.98. The van der Waals surface area contributed by atoms with Crippen molar-refractivity contribution in [3.8, 4) is 0 Å². The molecular formula is C22H19N3O3. The molecule has 0 fully saturated rings. The molecule has 1 unspecified atom stereocenters. The van der Waals surface area contributed by atoms with Gasteiger partial charge in [0.1, 0.15) is 0 Å². The molecule has 4 aromatic rings. The number of hydrogen-bond donors (Lipinski definition) is 1. The summed E-state index contributed by atoms with van der Waals surface area (Å²) in [6, 6.07) is 14.7. The van der Waals surface area contributed by atoms with E-state index in [0.717, 1.165) is 16.5 Å². The zero-order chi connectivity index (χ0) is 19.8. The number of fused-ring (bicyclic) bond motifs is 2. The third-order valence-electron chi connectivity index (χ3n) is 4.84. The van der Waals surface area contributed by atoms with Crippen LogP contribution < -0.4 is 5.56 Å². The van der Waals surface area contributed by atoms with Gasteiger partial charge in [0.25, 0.3) is 5.56 Å². The van der Waals surface area contributed by atoms with Crippen molar-refractivity contribution >= 4 is 27.8 Å². The first-order chi connectivity index (χ1) is 13.5. The number of H-pyrrole nitrogens is 1. The topological polar surface area (TPSA) is 84.9 Å². The number of rotatable bonds is 3. The molecular weight excluding hydrogens is 354 g/mol. The van der Waals surface area contributed by atoms with Crippen LogP contribution in [0, 0.1) is 13.8 Å². The predicted octanol–water partition coefficient (Wildman–Crippen LogP) is 4.01. The van der Waals surface area contributed by atoms with Gasteiger partial charge in [-0.25, -0.2) is 9.78 Å². The number of ether oxygens (including phenoxy) is 1. The van der Waals surface area contributed by atoms with Gasteiger partial charge in [-0.1, -0.05) is 30.3 Å². The summed E-state index contributed by atoms with van der Waals surface area (Å²) >= 11 is 0. The van der Waals surface area contributed by atoms with Gasteiger partial charge >= 0.3 is 5.97 Å². The Kier molecular flexibility index (Phi) is 4.39. The molecule has 2 aromatic heterocycles. The molecule has 28 heavy (non-hydrogen) atoms. The molecule has 2 aromatic carbocycles. The van der Waals surface area contributed by atoms with E-state index in [1.54, 1.807) is 32.0 Å². The summed E-state index contributed by atoms with van der Waals surface area (Å²) in [5, 5.41) is 1.40. The van der Waals surface area contributed by atoms with Gasteiger partial charge in [-0.2, -0.15) is 0 Å². The van der Waals surface area contributed by atoms with E-state index in [0.29, 0.717) is 28.0 Å². The van der Waals surface area contributed by atoms with Gasteiger partial charge in [0.2, 0.25) is 0 Å². The van der Waals surface area contributed by atoms with Gasteiger partial charge in [0.15, 0.2) is 11.9 Å². The molecule has 0 saturated carbocycles. The Hall–Kier alpha value is -3.54. The van der Waals surface area contributed by atoms with Crippen molar-refractivity contribution in [2.45, 2.75) is 26.9 Å². The minimum Gasteiger partial charge on any atom is -0.451 e. The van der Waals surface area contributed by atoms with Crippen LogP contribution in [0.15, 0.2) is 53.3 Å². The van der Waals surface area contributed by atoms with Crippen molar-refractivity contribution < 1.29 is 9.53 Å². The molecule has 6 heteroatoms. The molecule has 0 amide bonds. The lowest BCUT2D eigenvalue weighted by atomic mass is 10.0. The van der Waals surface area contributed by atoms with Crippen molar-refractivity contribution in [1.82, 2.24) is 15.0 Å². The van der Waals surface area contributed by atoms with E-state index in [2.05, 4.69) is 15.0 Å². The van der Waals surface area contributed by atoms with Crippen molar-refractivity contribution in [2.24, 2.45) is 0 Å². The highest BCUT2D eigenvalue weighted by Gasteiger charge is 2.22.